The van der Waals surface area contributed by atoms with Crippen LogP contribution in [-0.4, -0.2) is 31.4 Å². The van der Waals surface area contributed by atoms with Crippen molar-refractivity contribution >= 4 is 28.1 Å². The second kappa shape index (κ2) is 7.83. The van der Waals surface area contributed by atoms with Crippen LogP contribution in [0.3, 0.4) is 0 Å². The number of hydrogen-bond donors (Lipinski definition) is 3. The summed E-state index contributed by atoms with van der Waals surface area (Å²) in [7, 11) is 0. The number of aliphatic carboxylic acids is 1. The number of phenols is 1. The number of carbonyl (C=O) groups is 1. The van der Waals surface area contributed by atoms with Crippen molar-refractivity contribution in [1.82, 2.24) is 4.57 Å². The normalized spacial score (nSPS) is 18.1. The summed E-state index contributed by atoms with van der Waals surface area (Å²) in [5.41, 5.74) is 0.866. The van der Waals surface area contributed by atoms with E-state index < -0.39 is 11.5 Å². The summed E-state index contributed by atoms with van der Waals surface area (Å²) in [6, 6.07) is 15.6. The van der Waals surface area contributed by atoms with Gasteiger partial charge in [-0.25, -0.2) is 4.79 Å². The number of rotatable bonds is 5. The van der Waals surface area contributed by atoms with Gasteiger partial charge in [0, 0.05) is 23.4 Å². The van der Waals surface area contributed by atoms with Crippen molar-refractivity contribution < 1.29 is 24.5 Å². The zero-order valence-electron chi connectivity index (χ0n) is 17.3. The van der Waals surface area contributed by atoms with Crippen LogP contribution in [0.1, 0.15) is 12.0 Å². The first kappa shape index (κ1) is 20.3. The van der Waals surface area contributed by atoms with Gasteiger partial charge >= 0.3 is 5.97 Å². The summed E-state index contributed by atoms with van der Waals surface area (Å²) in [4.78, 5) is 12.3. The SMILES string of the molecule is O=C(O)C1(N=Nc2c(O)n(-c3ccoc3)c3ccccc23)C=CC=C(c2ccccc2O)C1. The number of phenolic OH excluding ortho intramolecular Hbond substituents is 1. The summed E-state index contributed by atoms with van der Waals surface area (Å²) < 4.78 is 6.71. The number of para-hydroxylation sites is 2. The van der Waals surface area contributed by atoms with Gasteiger partial charge in [-0.3, -0.25) is 4.57 Å². The Balaban J connectivity index is 1.59. The van der Waals surface area contributed by atoms with Crippen LogP contribution in [0.25, 0.3) is 22.2 Å². The second-order valence-corrected chi connectivity index (χ2v) is 7.68. The highest BCUT2D eigenvalue weighted by Gasteiger charge is 2.39. The number of allylic oxidation sites excluding steroid dienone is 2. The van der Waals surface area contributed by atoms with Crippen LogP contribution in [0, 0.1) is 0 Å². The number of aromatic hydroxyl groups is 2. The van der Waals surface area contributed by atoms with Crippen molar-refractivity contribution in [3.63, 3.8) is 0 Å². The first-order valence-electron chi connectivity index (χ1n) is 10.2. The fraction of sp³-hybridized carbons (Fsp3) is 0.0800. The minimum atomic E-state index is -1.70. The average molecular weight is 441 g/mol. The molecule has 1 unspecified atom stereocenters. The van der Waals surface area contributed by atoms with Crippen molar-refractivity contribution in [2.24, 2.45) is 10.2 Å². The molecule has 164 valence electrons. The summed E-state index contributed by atoms with van der Waals surface area (Å²) >= 11 is 0. The zero-order chi connectivity index (χ0) is 23.0. The van der Waals surface area contributed by atoms with Crippen molar-refractivity contribution in [3.8, 4) is 17.3 Å². The van der Waals surface area contributed by atoms with E-state index in [9.17, 15) is 20.1 Å². The molecule has 0 bridgehead atoms. The molecule has 0 saturated heterocycles. The molecule has 0 radical (unpaired) electrons. The molecule has 0 amide bonds. The maximum absolute atomic E-state index is 12.3. The highest BCUT2D eigenvalue weighted by Crippen LogP contribution is 2.43. The van der Waals surface area contributed by atoms with E-state index >= 15 is 0 Å². The molecule has 1 aliphatic carbocycles. The van der Waals surface area contributed by atoms with Gasteiger partial charge in [-0.05, 0) is 23.8 Å². The third-order valence-electron chi connectivity index (χ3n) is 5.67. The molecular weight excluding hydrogens is 422 g/mol. The van der Waals surface area contributed by atoms with E-state index in [1.807, 2.05) is 12.1 Å². The number of azo groups is 1. The molecule has 2 heterocycles. The summed E-state index contributed by atoms with van der Waals surface area (Å²) in [6.45, 7) is 0. The van der Waals surface area contributed by atoms with Crippen LogP contribution in [0.2, 0.25) is 0 Å². The predicted octanol–water partition coefficient (Wildman–Crippen LogP) is 5.59. The van der Waals surface area contributed by atoms with Gasteiger partial charge in [-0.2, -0.15) is 5.11 Å². The van der Waals surface area contributed by atoms with Gasteiger partial charge in [0.15, 0.2) is 5.69 Å². The Bertz CT molecular complexity index is 1450. The number of carboxylic acids is 1. The highest BCUT2D eigenvalue weighted by atomic mass is 16.4. The lowest BCUT2D eigenvalue weighted by Crippen LogP contribution is -2.35. The fourth-order valence-corrected chi connectivity index (χ4v) is 4.01. The molecule has 8 heteroatoms. The number of hydrogen-bond acceptors (Lipinski definition) is 6. The molecule has 2 aromatic carbocycles. The Hall–Kier alpha value is -4.59. The van der Waals surface area contributed by atoms with Gasteiger partial charge in [0.1, 0.15) is 12.0 Å². The van der Waals surface area contributed by atoms with E-state index in [4.69, 9.17) is 4.42 Å². The van der Waals surface area contributed by atoms with Gasteiger partial charge in [0.2, 0.25) is 11.4 Å². The van der Waals surface area contributed by atoms with Crippen molar-refractivity contribution in [2.75, 3.05) is 0 Å². The quantitative estimate of drug-likeness (QED) is 0.349. The monoisotopic (exact) mass is 441 g/mol. The highest BCUT2D eigenvalue weighted by molar-refractivity contribution is 5.96. The number of aromatic nitrogens is 1. The molecule has 4 aromatic rings. The Kier molecular flexibility index (Phi) is 4.82. The Morgan fingerprint density at radius 2 is 1.85 bits per heavy atom. The molecule has 8 nitrogen and oxygen atoms in total. The van der Waals surface area contributed by atoms with E-state index in [2.05, 4.69) is 10.2 Å². The van der Waals surface area contributed by atoms with E-state index in [-0.39, 0.29) is 23.7 Å². The smallest absolute Gasteiger partial charge is 0.337 e. The van der Waals surface area contributed by atoms with E-state index in [1.165, 1.54) is 18.6 Å². The molecule has 1 aliphatic rings. The molecule has 0 fully saturated rings. The van der Waals surface area contributed by atoms with E-state index in [1.54, 1.807) is 59.2 Å². The lowest BCUT2D eigenvalue weighted by Gasteiger charge is -2.25. The van der Waals surface area contributed by atoms with Crippen LogP contribution in [0.15, 0.2) is 100.0 Å². The second-order valence-electron chi connectivity index (χ2n) is 7.68. The molecular formula is C25H19N3O5. The van der Waals surface area contributed by atoms with Crippen molar-refractivity contribution in [2.45, 2.75) is 12.0 Å². The molecule has 33 heavy (non-hydrogen) atoms. The van der Waals surface area contributed by atoms with Crippen LogP contribution >= 0.6 is 0 Å². The van der Waals surface area contributed by atoms with E-state index in [0.29, 0.717) is 27.7 Å². The zero-order valence-corrected chi connectivity index (χ0v) is 17.3. The van der Waals surface area contributed by atoms with Crippen LogP contribution in [0.5, 0.6) is 11.6 Å². The van der Waals surface area contributed by atoms with Gasteiger partial charge < -0.3 is 19.7 Å². The van der Waals surface area contributed by atoms with Gasteiger partial charge in [-0.1, -0.05) is 48.6 Å². The Morgan fingerprint density at radius 1 is 1.06 bits per heavy atom. The van der Waals surface area contributed by atoms with Crippen LogP contribution in [0.4, 0.5) is 5.69 Å². The first-order valence-corrected chi connectivity index (χ1v) is 10.2. The summed E-state index contributed by atoms with van der Waals surface area (Å²) in [6.07, 6.45) is 7.75. The molecule has 0 saturated carbocycles. The number of fused-ring (bicyclic) bond motifs is 1. The molecule has 1 atom stereocenters. The Labute approximate surface area is 188 Å². The number of benzene rings is 2. The number of furan rings is 1. The molecule has 3 N–H and O–H groups in total. The number of nitrogens with zero attached hydrogens (tertiary/aromatic N) is 3. The summed E-state index contributed by atoms with van der Waals surface area (Å²) in [5, 5.41) is 40.3. The third-order valence-corrected chi connectivity index (χ3v) is 5.67. The standard InChI is InChI=1S/C25H19N3O5/c29-21-10-4-2-7-18(21)16-6-5-12-25(14-16,24(31)32)27-26-22-19-8-1-3-9-20(19)28(23(22)30)17-11-13-33-15-17/h1-13,15,29-30H,14H2,(H,31,32). The van der Waals surface area contributed by atoms with Crippen molar-refractivity contribution in [1.29, 1.82) is 0 Å². The lowest BCUT2D eigenvalue weighted by molar-refractivity contribution is -0.141. The lowest BCUT2D eigenvalue weighted by atomic mass is 9.84. The molecule has 2 aromatic heterocycles. The van der Waals surface area contributed by atoms with Crippen LogP contribution in [-0.2, 0) is 4.79 Å². The minimum Gasteiger partial charge on any atom is -0.507 e. The molecule has 0 spiro atoms. The minimum absolute atomic E-state index is 0.0129. The molecule has 5 rings (SSSR count). The van der Waals surface area contributed by atoms with Gasteiger partial charge in [0.05, 0.1) is 17.5 Å². The number of carboxylic acid groups (broad SMARTS) is 1. The Morgan fingerprint density at radius 3 is 2.61 bits per heavy atom. The maximum Gasteiger partial charge on any atom is 0.337 e. The van der Waals surface area contributed by atoms with Gasteiger partial charge in [0.25, 0.3) is 0 Å². The average Bonchev–Trinajstić information content (AvgIpc) is 3.44. The first-order chi connectivity index (χ1) is 16.0. The largest absolute Gasteiger partial charge is 0.507 e. The topological polar surface area (TPSA) is 121 Å². The van der Waals surface area contributed by atoms with Crippen molar-refractivity contribution in [3.05, 3.63) is 90.9 Å². The fourth-order valence-electron chi connectivity index (χ4n) is 4.01. The predicted molar refractivity (Wildman–Crippen MR) is 122 cm³/mol. The van der Waals surface area contributed by atoms with Crippen LogP contribution < -0.4 is 0 Å². The van der Waals surface area contributed by atoms with E-state index in [0.717, 1.165) is 0 Å². The summed E-state index contributed by atoms with van der Waals surface area (Å²) in [5.74, 6) is -1.32. The van der Waals surface area contributed by atoms with Gasteiger partial charge in [-0.15, -0.1) is 5.11 Å². The maximum atomic E-state index is 12.3. The molecule has 0 aliphatic heterocycles. The third kappa shape index (κ3) is 3.38.